The van der Waals surface area contributed by atoms with E-state index in [9.17, 15) is 4.79 Å². The highest BCUT2D eigenvalue weighted by molar-refractivity contribution is 9.11. The molecule has 2 aromatic carbocycles. The van der Waals surface area contributed by atoms with Crippen LogP contribution in [0.15, 0.2) is 45.3 Å². The summed E-state index contributed by atoms with van der Waals surface area (Å²) in [5, 5.41) is 0. The van der Waals surface area contributed by atoms with Crippen molar-refractivity contribution in [1.29, 1.82) is 0 Å². The van der Waals surface area contributed by atoms with Gasteiger partial charge in [0.2, 0.25) is 0 Å². The lowest BCUT2D eigenvalue weighted by molar-refractivity contribution is 0.103. The number of carbonyl (C=O) groups is 1. The summed E-state index contributed by atoms with van der Waals surface area (Å²) in [6.07, 6.45) is 0. The molecule has 0 aliphatic carbocycles. The topological polar surface area (TPSA) is 17.1 Å². The first-order chi connectivity index (χ1) is 8.50. The van der Waals surface area contributed by atoms with Crippen LogP contribution in [0.5, 0.6) is 0 Å². The fraction of sp³-hybridized carbons (Fsp3) is 0.133. The minimum atomic E-state index is 0.0515. The summed E-state index contributed by atoms with van der Waals surface area (Å²) >= 11 is 6.82. The quantitative estimate of drug-likeness (QED) is 0.678. The summed E-state index contributed by atoms with van der Waals surface area (Å²) in [6, 6.07) is 11.4. The van der Waals surface area contributed by atoms with Crippen LogP contribution in [0.3, 0.4) is 0 Å². The molecule has 0 fully saturated rings. The largest absolute Gasteiger partial charge is 0.289 e. The van der Waals surface area contributed by atoms with E-state index in [2.05, 4.69) is 31.9 Å². The summed E-state index contributed by atoms with van der Waals surface area (Å²) in [5.41, 5.74) is 3.62. The van der Waals surface area contributed by atoms with Crippen molar-refractivity contribution in [3.05, 3.63) is 67.6 Å². The number of carbonyl (C=O) groups excluding carboxylic acids is 1. The standard InChI is InChI=1S/C15H12Br2O/c1-9-4-3-5-12(10(9)2)15(18)13-7-6-11(16)8-14(13)17/h3-8H,1-2H3. The minimum Gasteiger partial charge on any atom is -0.289 e. The van der Waals surface area contributed by atoms with Gasteiger partial charge < -0.3 is 0 Å². The average molecular weight is 368 g/mol. The summed E-state index contributed by atoms with van der Waals surface area (Å²) in [6.45, 7) is 4.00. The zero-order valence-corrected chi connectivity index (χ0v) is 13.3. The smallest absolute Gasteiger partial charge is 0.194 e. The molecule has 1 nitrogen and oxygen atoms in total. The van der Waals surface area contributed by atoms with E-state index in [0.29, 0.717) is 5.56 Å². The second kappa shape index (κ2) is 5.37. The predicted molar refractivity (Wildman–Crippen MR) is 81.2 cm³/mol. The number of rotatable bonds is 2. The Kier molecular flexibility index (Phi) is 4.03. The number of hydrogen-bond acceptors (Lipinski definition) is 1. The van der Waals surface area contributed by atoms with Gasteiger partial charge in [-0.3, -0.25) is 4.79 Å². The second-order valence-corrected chi connectivity index (χ2v) is 5.97. The van der Waals surface area contributed by atoms with Crippen molar-refractivity contribution in [1.82, 2.24) is 0 Å². The number of aryl methyl sites for hydroxylation is 1. The van der Waals surface area contributed by atoms with Crippen molar-refractivity contribution in [2.45, 2.75) is 13.8 Å². The zero-order chi connectivity index (χ0) is 13.3. The van der Waals surface area contributed by atoms with Gasteiger partial charge in [0.25, 0.3) is 0 Å². The normalized spacial score (nSPS) is 10.4. The van der Waals surface area contributed by atoms with E-state index in [4.69, 9.17) is 0 Å². The molecule has 0 N–H and O–H groups in total. The van der Waals surface area contributed by atoms with E-state index in [1.807, 2.05) is 50.2 Å². The van der Waals surface area contributed by atoms with Crippen molar-refractivity contribution in [3.8, 4) is 0 Å². The SMILES string of the molecule is Cc1cccc(C(=O)c2ccc(Br)cc2Br)c1C. The van der Waals surface area contributed by atoms with E-state index in [1.54, 1.807) is 0 Å². The number of benzene rings is 2. The van der Waals surface area contributed by atoms with Gasteiger partial charge in [-0.15, -0.1) is 0 Å². The Morgan fingerprint density at radius 2 is 1.72 bits per heavy atom. The highest BCUT2D eigenvalue weighted by atomic mass is 79.9. The summed E-state index contributed by atoms with van der Waals surface area (Å²) in [7, 11) is 0. The zero-order valence-electron chi connectivity index (χ0n) is 10.1. The molecule has 2 rings (SSSR count). The minimum absolute atomic E-state index is 0.0515. The third-order valence-electron chi connectivity index (χ3n) is 3.03. The molecule has 18 heavy (non-hydrogen) atoms. The number of ketones is 1. The highest BCUT2D eigenvalue weighted by Crippen LogP contribution is 2.25. The predicted octanol–water partition coefficient (Wildman–Crippen LogP) is 5.06. The molecule has 3 heteroatoms. The molecule has 0 aliphatic rings. The van der Waals surface area contributed by atoms with Crippen LogP contribution >= 0.6 is 31.9 Å². The summed E-state index contributed by atoms with van der Waals surface area (Å²) in [4.78, 5) is 12.5. The summed E-state index contributed by atoms with van der Waals surface area (Å²) in [5.74, 6) is 0.0515. The number of halogens is 2. The van der Waals surface area contributed by atoms with E-state index in [0.717, 1.165) is 25.6 Å². The fourth-order valence-corrected chi connectivity index (χ4v) is 3.04. The van der Waals surface area contributed by atoms with Gasteiger partial charge in [-0.1, -0.05) is 34.1 Å². The molecular weight excluding hydrogens is 356 g/mol. The number of hydrogen-bond donors (Lipinski definition) is 0. The first-order valence-corrected chi connectivity index (χ1v) is 7.15. The van der Waals surface area contributed by atoms with Crippen molar-refractivity contribution in [2.24, 2.45) is 0 Å². The van der Waals surface area contributed by atoms with Crippen LogP contribution in [0, 0.1) is 13.8 Å². The molecule has 0 saturated carbocycles. The Bertz CT molecular complexity index is 618. The van der Waals surface area contributed by atoms with Gasteiger partial charge in [-0.05, 0) is 59.1 Å². The molecule has 92 valence electrons. The second-order valence-electron chi connectivity index (χ2n) is 4.20. The van der Waals surface area contributed by atoms with Crippen molar-refractivity contribution in [2.75, 3.05) is 0 Å². The third kappa shape index (κ3) is 2.57. The Morgan fingerprint density at radius 1 is 1.00 bits per heavy atom. The van der Waals surface area contributed by atoms with Crippen LogP contribution in [0.25, 0.3) is 0 Å². The maximum atomic E-state index is 12.5. The average Bonchev–Trinajstić information content (AvgIpc) is 2.32. The molecule has 0 radical (unpaired) electrons. The van der Waals surface area contributed by atoms with Crippen LogP contribution in [0.2, 0.25) is 0 Å². The first kappa shape index (κ1) is 13.5. The molecule has 0 unspecified atom stereocenters. The van der Waals surface area contributed by atoms with Crippen LogP contribution < -0.4 is 0 Å². The molecular formula is C15H12Br2O. The van der Waals surface area contributed by atoms with Gasteiger partial charge in [0.05, 0.1) is 0 Å². The lowest BCUT2D eigenvalue weighted by Crippen LogP contribution is -2.05. The Hall–Kier alpha value is -0.930. The molecule has 0 bridgehead atoms. The van der Waals surface area contributed by atoms with Crippen molar-refractivity contribution < 1.29 is 4.79 Å². The van der Waals surface area contributed by atoms with E-state index in [1.165, 1.54) is 0 Å². The van der Waals surface area contributed by atoms with Crippen LogP contribution in [0.1, 0.15) is 27.0 Å². The molecule has 0 saturated heterocycles. The molecule has 0 heterocycles. The highest BCUT2D eigenvalue weighted by Gasteiger charge is 2.15. The molecule has 0 spiro atoms. The van der Waals surface area contributed by atoms with Gasteiger partial charge in [0.1, 0.15) is 0 Å². The maximum absolute atomic E-state index is 12.5. The maximum Gasteiger partial charge on any atom is 0.194 e. The lowest BCUT2D eigenvalue weighted by atomic mass is 9.96. The van der Waals surface area contributed by atoms with Gasteiger partial charge in [-0.2, -0.15) is 0 Å². The van der Waals surface area contributed by atoms with Crippen molar-refractivity contribution >= 4 is 37.6 Å². The van der Waals surface area contributed by atoms with Gasteiger partial charge in [0.15, 0.2) is 5.78 Å². The van der Waals surface area contributed by atoms with E-state index < -0.39 is 0 Å². The molecule has 0 aromatic heterocycles. The van der Waals surface area contributed by atoms with Gasteiger partial charge in [-0.25, -0.2) is 0 Å². The van der Waals surface area contributed by atoms with E-state index >= 15 is 0 Å². The third-order valence-corrected chi connectivity index (χ3v) is 4.17. The molecule has 0 atom stereocenters. The van der Waals surface area contributed by atoms with Crippen molar-refractivity contribution in [3.63, 3.8) is 0 Å². The molecule has 0 amide bonds. The molecule has 0 aliphatic heterocycles. The lowest BCUT2D eigenvalue weighted by Gasteiger charge is -2.09. The first-order valence-electron chi connectivity index (χ1n) is 5.56. The monoisotopic (exact) mass is 366 g/mol. The van der Waals surface area contributed by atoms with Crippen LogP contribution in [-0.2, 0) is 0 Å². The fourth-order valence-electron chi connectivity index (χ4n) is 1.82. The van der Waals surface area contributed by atoms with Gasteiger partial charge >= 0.3 is 0 Å². The summed E-state index contributed by atoms with van der Waals surface area (Å²) < 4.78 is 1.76. The van der Waals surface area contributed by atoms with Crippen LogP contribution in [-0.4, -0.2) is 5.78 Å². The Morgan fingerprint density at radius 3 is 2.39 bits per heavy atom. The Balaban J connectivity index is 2.51. The van der Waals surface area contributed by atoms with E-state index in [-0.39, 0.29) is 5.78 Å². The molecule has 2 aromatic rings. The van der Waals surface area contributed by atoms with Gasteiger partial charge in [0, 0.05) is 20.1 Å². The van der Waals surface area contributed by atoms with Crippen LogP contribution in [0.4, 0.5) is 0 Å². The Labute approximate surface area is 123 Å².